The molecular weight excluding hydrogens is 176 g/mol. The largest absolute Gasteiger partial charge is 0.391 e. The lowest BCUT2D eigenvalue weighted by Gasteiger charge is -2.49. The van der Waals surface area contributed by atoms with E-state index in [2.05, 4.69) is 23.6 Å². The number of nitrogens with zero attached hydrogens (tertiary/aromatic N) is 2. The van der Waals surface area contributed by atoms with Crippen molar-refractivity contribution in [2.24, 2.45) is 5.92 Å². The first-order valence-electron chi connectivity index (χ1n) is 5.81. The standard InChI is InChI=1S/C11H22N2O/c1-9(2)7-11(14)10-8-12-3-5-13(10)6-4-12/h9-11,14H,3-8H2,1-2H3. The van der Waals surface area contributed by atoms with Crippen LogP contribution in [0.1, 0.15) is 20.3 Å². The first-order chi connectivity index (χ1) is 6.66. The Kier molecular flexibility index (Phi) is 3.10. The molecule has 3 rings (SSSR count). The lowest BCUT2D eigenvalue weighted by atomic mass is 9.95. The molecule has 0 radical (unpaired) electrons. The zero-order valence-electron chi connectivity index (χ0n) is 9.32. The Morgan fingerprint density at radius 1 is 1.21 bits per heavy atom. The summed E-state index contributed by atoms with van der Waals surface area (Å²) >= 11 is 0. The predicted octanol–water partition coefficient (Wildman–Crippen LogP) is 0.393. The average molecular weight is 198 g/mol. The zero-order valence-corrected chi connectivity index (χ0v) is 9.32. The monoisotopic (exact) mass is 198 g/mol. The number of hydrogen-bond donors (Lipinski definition) is 1. The molecule has 3 nitrogen and oxygen atoms in total. The van der Waals surface area contributed by atoms with Gasteiger partial charge < -0.3 is 5.11 Å². The van der Waals surface area contributed by atoms with E-state index in [9.17, 15) is 5.11 Å². The van der Waals surface area contributed by atoms with Crippen molar-refractivity contribution in [3.05, 3.63) is 0 Å². The maximum atomic E-state index is 10.1. The summed E-state index contributed by atoms with van der Waals surface area (Å²) in [5, 5.41) is 10.1. The maximum absolute atomic E-state index is 10.1. The van der Waals surface area contributed by atoms with Crippen LogP contribution < -0.4 is 0 Å². The Bertz CT molecular complexity index is 188. The number of rotatable bonds is 3. The molecule has 2 atom stereocenters. The molecule has 0 aliphatic carbocycles. The second kappa shape index (κ2) is 4.17. The van der Waals surface area contributed by atoms with E-state index in [4.69, 9.17) is 0 Å². The molecule has 1 N–H and O–H groups in total. The summed E-state index contributed by atoms with van der Waals surface area (Å²) in [4.78, 5) is 4.95. The number of aliphatic hydroxyl groups is 1. The van der Waals surface area contributed by atoms with Gasteiger partial charge in [-0.3, -0.25) is 9.80 Å². The topological polar surface area (TPSA) is 26.7 Å². The van der Waals surface area contributed by atoms with Gasteiger partial charge in [0.2, 0.25) is 0 Å². The summed E-state index contributed by atoms with van der Waals surface area (Å²) in [5.41, 5.74) is 0. The molecule has 3 heteroatoms. The number of fused-ring (bicyclic) bond motifs is 3. The van der Waals surface area contributed by atoms with Crippen molar-refractivity contribution in [1.82, 2.24) is 9.80 Å². The molecule has 2 bridgehead atoms. The van der Waals surface area contributed by atoms with Crippen LogP contribution in [0.3, 0.4) is 0 Å². The highest BCUT2D eigenvalue weighted by atomic mass is 16.3. The minimum Gasteiger partial charge on any atom is -0.391 e. The summed E-state index contributed by atoms with van der Waals surface area (Å²) in [6.45, 7) is 10.1. The molecule has 0 amide bonds. The predicted molar refractivity (Wildman–Crippen MR) is 57.3 cm³/mol. The van der Waals surface area contributed by atoms with E-state index in [0.29, 0.717) is 12.0 Å². The van der Waals surface area contributed by atoms with E-state index in [0.717, 1.165) is 26.1 Å². The minimum absolute atomic E-state index is 0.127. The van der Waals surface area contributed by atoms with Crippen molar-refractivity contribution in [1.29, 1.82) is 0 Å². The van der Waals surface area contributed by atoms with Crippen LogP contribution in [0.5, 0.6) is 0 Å². The fourth-order valence-electron chi connectivity index (χ4n) is 2.66. The first-order valence-corrected chi connectivity index (χ1v) is 5.81. The van der Waals surface area contributed by atoms with Crippen molar-refractivity contribution in [3.63, 3.8) is 0 Å². The lowest BCUT2D eigenvalue weighted by Crippen LogP contribution is -2.64. The van der Waals surface area contributed by atoms with Crippen LogP contribution in [0.25, 0.3) is 0 Å². The third-order valence-electron chi connectivity index (χ3n) is 3.48. The van der Waals surface area contributed by atoms with Gasteiger partial charge in [-0.25, -0.2) is 0 Å². The van der Waals surface area contributed by atoms with Gasteiger partial charge in [0.25, 0.3) is 0 Å². The quantitative estimate of drug-likeness (QED) is 0.711. The van der Waals surface area contributed by atoms with Crippen molar-refractivity contribution >= 4 is 0 Å². The van der Waals surface area contributed by atoms with Gasteiger partial charge in [-0.2, -0.15) is 0 Å². The smallest absolute Gasteiger partial charge is 0.0710 e. The molecule has 0 aromatic rings. The Balaban J connectivity index is 1.91. The van der Waals surface area contributed by atoms with Crippen LogP contribution in [0, 0.1) is 5.92 Å². The van der Waals surface area contributed by atoms with Crippen LogP contribution in [0.4, 0.5) is 0 Å². The Morgan fingerprint density at radius 2 is 1.86 bits per heavy atom. The van der Waals surface area contributed by atoms with Crippen molar-refractivity contribution < 1.29 is 5.11 Å². The normalized spacial score (nSPS) is 39.0. The summed E-state index contributed by atoms with van der Waals surface area (Å²) in [6.07, 6.45) is 0.813. The molecule has 3 aliphatic rings. The van der Waals surface area contributed by atoms with E-state index >= 15 is 0 Å². The molecule has 0 aromatic heterocycles. The highest BCUT2D eigenvalue weighted by Gasteiger charge is 2.35. The molecule has 2 unspecified atom stereocenters. The third-order valence-corrected chi connectivity index (χ3v) is 3.48. The van der Waals surface area contributed by atoms with Crippen LogP contribution >= 0.6 is 0 Å². The zero-order chi connectivity index (χ0) is 10.1. The minimum atomic E-state index is -0.127. The van der Waals surface area contributed by atoms with Gasteiger partial charge >= 0.3 is 0 Å². The molecule has 14 heavy (non-hydrogen) atoms. The molecule has 82 valence electrons. The highest BCUT2D eigenvalue weighted by molar-refractivity contribution is 4.91. The molecule has 3 heterocycles. The van der Waals surface area contributed by atoms with Gasteiger partial charge in [0.05, 0.1) is 6.10 Å². The van der Waals surface area contributed by atoms with Gasteiger partial charge in [0, 0.05) is 38.8 Å². The summed E-state index contributed by atoms with van der Waals surface area (Å²) in [6, 6.07) is 0.403. The molecule has 3 saturated heterocycles. The molecule has 3 aliphatic heterocycles. The molecule has 0 saturated carbocycles. The number of hydrogen-bond acceptors (Lipinski definition) is 3. The molecular formula is C11H22N2O. The second-order valence-electron chi connectivity index (χ2n) is 5.10. The number of aliphatic hydroxyl groups excluding tert-OH is 1. The SMILES string of the molecule is CC(C)CC(O)C1CN2CCN1CC2. The Hall–Kier alpha value is -0.120. The fraction of sp³-hybridized carbons (Fsp3) is 1.00. The highest BCUT2D eigenvalue weighted by Crippen LogP contribution is 2.21. The number of piperazine rings is 3. The van der Waals surface area contributed by atoms with Crippen LogP contribution in [0.2, 0.25) is 0 Å². The summed E-state index contributed by atoms with van der Waals surface area (Å²) < 4.78 is 0. The Labute approximate surface area is 86.7 Å². The van der Waals surface area contributed by atoms with Crippen molar-refractivity contribution in [2.75, 3.05) is 32.7 Å². The van der Waals surface area contributed by atoms with Crippen LogP contribution in [-0.4, -0.2) is 59.8 Å². The maximum Gasteiger partial charge on any atom is 0.0710 e. The lowest BCUT2D eigenvalue weighted by molar-refractivity contribution is -0.0512. The molecule has 0 spiro atoms. The third kappa shape index (κ3) is 2.10. The van der Waals surface area contributed by atoms with E-state index in [1.807, 2.05) is 0 Å². The van der Waals surface area contributed by atoms with Crippen LogP contribution in [-0.2, 0) is 0 Å². The van der Waals surface area contributed by atoms with E-state index in [-0.39, 0.29) is 6.10 Å². The Morgan fingerprint density at radius 3 is 2.29 bits per heavy atom. The van der Waals surface area contributed by atoms with Gasteiger partial charge in [0.15, 0.2) is 0 Å². The van der Waals surface area contributed by atoms with Gasteiger partial charge in [-0.15, -0.1) is 0 Å². The fourth-order valence-corrected chi connectivity index (χ4v) is 2.66. The van der Waals surface area contributed by atoms with Gasteiger partial charge in [-0.1, -0.05) is 13.8 Å². The van der Waals surface area contributed by atoms with Gasteiger partial charge in [0.1, 0.15) is 0 Å². The summed E-state index contributed by atoms with van der Waals surface area (Å²) in [5.74, 6) is 0.599. The summed E-state index contributed by atoms with van der Waals surface area (Å²) in [7, 11) is 0. The average Bonchev–Trinajstić information content (AvgIpc) is 2.18. The van der Waals surface area contributed by atoms with Crippen LogP contribution in [0.15, 0.2) is 0 Å². The van der Waals surface area contributed by atoms with E-state index < -0.39 is 0 Å². The van der Waals surface area contributed by atoms with Crippen molar-refractivity contribution in [3.8, 4) is 0 Å². The van der Waals surface area contributed by atoms with Gasteiger partial charge in [-0.05, 0) is 12.3 Å². The molecule has 3 fully saturated rings. The van der Waals surface area contributed by atoms with E-state index in [1.54, 1.807) is 0 Å². The van der Waals surface area contributed by atoms with E-state index in [1.165, 1.54) is 13.1 Å². The van der Waals surface area contributed by atoms with Crippen molar-refractivity contribution in [2.45, 2.75) is 32.4 Å². The first kappa shape index (κ1) is 10.4. The second-order valence-corrected chi connectivity index (χ2v) is 5.10. The molecule has 0 aromatic carbocycles.